The lowest BCUT2D eigenvalue weighted by atomic mass is 10.2. The van der Waals surface area contributed by atoms with Gasteiger partial charge in [0.25, 0.3) is 5.69 Å². The average molecular weight is 311 g/mol. The van der Waals surface area contributed by atoms with Crippen LogP contribution in [0.15, 0.2) is 47.6 Å². The van der Waals surface area contributed by atoms with Crippen molar-refractivity contribution < 1.29 is 9.85 Å². The van der Waals surface area contributed by atoms with Crippen LogP contribution in [0.2, 0.25) is 0 Å². The van der Waals surface area contributed by atoms with Crippen molar-refractivity contribution in [1.29, 1.82) is 5.26 Å². The molecule has 9 heteroatoms. The largest absolute Gasteiger partial charge is 0.301 e. The highest BCUT2D eigenvalue weighted by atomic mass is 16.6. The second-order valence-corrected chi connectivity index (χ2v) is 4.32. The minimum absolute atomic E-state index is 0.0329. The van der Waals surface area contributed by atoms with E-state index in [-0.39, 0.29) is 11.4 Å². The van der Waals surface area contributed by atoms with Gasteiger partial charge in [-0.1, -0.05) is 12.1 Å². The summed E-state index contributed by atoms with van der Waals surface area (Å²) >= 11 is 0. The van der Waals surface area contributed by atoms with E-state index in [1.165, 1.54) is 12.3 Å². The molecule has 2 aromatic carbocycles. The van der Waals surface area contributed by atoms with Crippen LogP contribution in [0, 0.1) is 31.6 Å². The van der Waals surface area contributed by atoms with Crippen LogP contribution in [0.3, 0.4) is 0 Å². The van der Waals surface area contributed by atoms with Gasteiger partial charge in [-0.2, -0.15) is 10.4 Å². The van der Waals surface area contributed by atoms with Crippen molar-refractivity contribution in [2.45, 2.75) is 0 Å². The Morgan fingerprint density at radius 1 is 1.09 bits per heavy atom. The van der Waals surface area contributed by atoms with E-state index in [9.17, 15) is 20.2 Å². The Morgan fingerprint density at radius 3 is 2.35 bits per heavy atom. The fourth-order valence-corrected chi connectivity index (χ4v) is 1.70. The third kappa shape index (κ3) is 3.85. The number of hydrogen-bond donors (Lipinski definition) is 1. The number of nitrogens with zero attached hydrogens (tertiary/aromatic N) is 4. The Labute approximate surface area is 129 Å². The monoisotopic (exact) mass is 311 g/mol. The van der Waals surface area contributed by atoms with Gasteiger partial charge in [0, 0.05) is 6.07 Å². The van der Waals surface area contributed by atoms with Gasteiger partial charge in [0.1, 0.15) is 5.69 Å². The molecule has 23 heavy (non-hydrogen) atoms. The van der Waals surface area contributed by atoms with Gasteiger partial charge in [-0.15, -0.1) is 0 Å². The van der Waals surface area contributed by atoms with Crippen molar-refractivity contribution in [3.8, 4) is 6.07 Å². The zero-order chi connectivity index (χ0) is 16.8. The summed E-state index contributed by atoms with van der Waals surface area (Å²) in [6.07, 6.45) is 1.41. The van der Waals surface area contributed by atoms with E-state index in [1.807, 2.05) is 6.07 Å². The number of nitro benzene ring substituents is 2. The number of nitriles is 1. The number of nitro groups is 2. The van der Waals surface area contributed by atoms with Crippen molar-refractivity contribution in [2.75, 3.05) is 5.43 Å². The maximum Gasteiger partial charge on any atom is 0.301 e. The Kier molecular flexibility index (Phi) is 4.59. The number of benzene rings is 2. The molecule has 0 radical (unpaired) electrons. The van der Waals surface area contributed by atoms with Gasteiger partial charge in [0.15, 0.2) is 0 Å². The molecule has 0 fully saturated rings. The summed E-state index contributed by atoms with van der Waals surface area (Å²) in [7, 11) is 0. The first-order valence-corrected chi connectivity index (χ1v) is 6.23. The molecule has 114 valence electrons. The lowest BCUT2D eigenvalue weighted by Crippen LogP contribution is -1.98. The van der Waals surface area contributed by atoms with Crippen LogP contribution >= 0.6 is 0 Å². The molecule has 0 heterocycles. The predicted octanol–water partition coefficient (Wildman–Crippen LogP) is 2.82. The molecular formula is C14H9N5O4. The summed E-state index contributed by atoms with van der Waals surface area (Å²) < 4.78 is 0. The van der Waals surface area contributed by atoms with Crippen LogP contribution in [0.1, 0.15) is 11.1 Å². The summed E-state index contributed by atoms with van der Waals surface area (Å²) in [6, 6.07) is 11.7. The van der Waals surface area contributed by atoms with Crippen molar-refractivity contribution in [1.82, 2.24) is 0 Å². The molecule has 9 nitrogen and oxygen atoms in total. The normalized spacial score (nSPS) is 10.2. The fraction of sp³-hybridized carbons (Fsp3) is 0. The number of hydrazone groups is 1. The minimum atomic E-state index is -0.730. The molecule has 0 spiro atoms. The number of nitrogens with one attached hydrogen (secondary N) is 1. The smallest absolute Gasteiger partial charge is 0.272 e. The maximum absolute atomic E-state index is 11.0. The molecule has 2 rings (SSSR count). The van der Waals surface area contributed by atoms with E-state index in [0.717, 1.165) is 12.1 Å². The maximum atomic E-state index is 11.0. The van der Waals surface area contributed by atoms with Gasteiger partial charge >= 0.3 is 5.69 Å². The summed E-state index contributed by atoms with van der Waals surface area (Å²) in [5.74, 6) is 0. The second kappa shape index (κ2) is 6.77. The van der Waals surface area contributed by atoms with E-state index in [2.05, 4.69) is 10.5 Å². The van der Waals surface area contributed by atoms with Gasteiger partial charge in [0.05, 0.1) is 33.8 Å². The Bertz CT molecular complexity index is 824. The molecule has 0 unspecified atom stereocenters. The average Bonchev–Trinajstić information content (AvgIpc) is 2.55. The van der Waals surface area contributed by atoms with Gasteiger partial charge in [-0.3, -0.25) is 25.7 Å². The zero-order valence-corrected chi connectivity index (χ0v) is 11.5. The molecule has 0 bridgehead atoms. The summed E-state index contributed by atoms with van der Waals surface area (Å²) in [5.41, 5.74) is 2.87. The Hall–Kier alpha value is -3.80. The highest BCUT2D eigenvalue weighted by molar-refractivity contribution is 5.80. The summed E-state index contributed by atoms with van der Waals surface area (Å²) in [6.45, 7) is 0. The molecule has 0 aliphatic rings. The molecule has 1 N–H and O–H groups in total. The van der Waals surface area contributed by atoms with Crippen molar-refractivity contribution in [2.24, 2.45) is 5.10 Å². The second-order valence-electron chi connectivity index (χ2n) is 4.32. The van der Waals surface area contributed by atoms with Gasteiger partial charge in [-0.25, -0.2) is 0 Å². The first-order valence-electron chi connectivity index (χ1n) is 6.23. The first kappa shape index (κ1) is 15.6. The van der Waals surface area contributed by atoms with Crippen molar-refractivity contribution in [3.63, 3.8) is 0 Å². The topological polar surface area (TPSA) is 134 Å². The zero-order valence-electron chi connectivity index (χ0n) is 11.5. The van der Waals surface area contributed by atoms with Crippen LogP contribution in [0.25, 0.3) is 0 Å². The van der Waals surface area contributed by atoms with Gasteiger partial charge in [-0.05, 0) is 23.8 Å². The molecule has 0 aliphatic carbocycles. The predicted molar refractivity (Wildman–Crippen MR) is 82.1 cm³/mol. The molecule has 0 saturated heterocycles. The third-order valence-electron chi connectivity index (χ3n) is 2.83. The lowest BCUT2D eigenvalue weighted by Gasteiger charge is -2.01. The minimum Gasteiger partial charge on any atom is -0.272 e. The third-order valence-corrected chi connectivity index (χ3v) is 2.83. The van der Waals surface area contributed by atoms with Crippen LogP contribution in [-0.2, 0) is 0 Å². The van der Waals surface area contributed by atoms with Gasteiger partial charge in [0.2, 0.25) is 0 Å². The quantitative estimate of drug-likeness (QED) is 0.512. The highest BCUT2D eigenvalue weighted by Crippen LogP contribution is 2.28. The van der Waals surface area contributed by atoms with E-state index < -0.39 is 15.5 Å². The van der Waals surface area contributed by atoms with Crippen LogP contribution in [-0.4, -0.2) is 16.1 Å². The van der Waals surface area contributed by atoms with Crippen LogP contribution in [0.4, 0.5) is 17.1 Å². The van der Waals surface area contributed by atoms with Crippen molar-refractivity contribution in [3.05, 3.63) is 73.8 Å². The Morgan fingerprint density at radius 2 is 1.78 bits per heavy atom. The molecule has 0 aliphatic heterocycles. The molecular weight excluding hydrogens is 302 g/mol. The number of rotatable bonds is 5. The molecule has 0 saturated carbocycles. The SMILES string of the molecule is N#Cc1ccc(/C=N\Nc2ccc([N+](=O)[O-])cc2[N+](=O)[O-])cc1. The van der Waals surface area contributed by atoms with E-state index in [0.29, 0.717) is 11.1 Å². The van der Waals surface area contributed by atoms with E-state index >= 15 is 0 Å². The van der Waals surface area contributed by atoms with E-state index in [1.54, 1.807) is 24.3 Å². The van der Waals surface area contributed by atoms with Gasteiger partial charge < -0.3 is 0 Å². The number of non-ortho nitro benzene ring substituents is 1. The Balaban J connectivity index is 2.19. The number of anilines is 1. The highest BCUT2D eigenvalue weighted by Gasteiger charge is 2.18. The van der Waals surface area contributed by atoms with Crippen LogP contribution in [0.5, 0.6) is 0 Å². The standard InChI is InChI=1S/C14H9N5O4/c15-8-10-1-3-11(4-2-10)9-16-17-13-6-5-12(18(20)21)7-14(13)19(22)23/h1-7,9,17H/b16-9-. The molecule has 2 aromatic rings. The van der Waals surface area contributed by atoms with E-state index in [4.69, 9.17) is 5.26 Å². The lowest BCUT2D eigenvalue weighted by molar-refractivity contribution is -0.393. The number of hydrogen-bond acceptors (Lipinski definition) is 7. The van der Waals surface area contributed by atoms with Crippen LogP contribution < -0.4 is 5.43 Å². The fourth-order valence-electron chi connectivity index (χ4n) is 1.70. The van der Waals surface area contributed by atoms with Crippen molar-refractivity contribution >= 4 is 23.3 Å². The summed E-state index contributed by atoms with van der Waals surface area (Å²) in [4.78, 5) is 20.2. The molecule has 0 aromatic heterocycles. The summed E-state index contributed by atoms with van der Waals surface area (Å²) in [5, 5.41) is 34.2. The molecule has 0 atom stereocenters. The first-order chi connectivity index (χ1) is 11.0. The molecule has 0 amide bonds.